The van der Waals surface area contributed by atoms with Gasteiger partial charge in [-0.2, -0.15) is 0 Å². The van der Waals surface area contributed by atoms with Crippen molar-refractivity contribution in [1.82, 2.24) is 9.97 Å². The van der Waals surface area contributed by atoms with E-state index in [0.29, 0.717) is 17.9 Å². The Labute approximate surface area is 116 Å². The van der Waals surface area contributed by atoms with Gasteiger partial charge in [0, 0.05) is 12.6 Å². The summed E-state index contributed by atoms with van der Waals surface area (Å²) in [5.41, 5.74) is 0.410. The molecule has 4 heteroatoms. The molecule has 0 radical (unpaired) electrons. The third-order valence-electron chi connectivity index (χ3n) is 3.85. The average Bonchev–Trinajstić information content (AvgIpc) is 2.44. The summed E-state index contributed by atoms with van der Waals surface area (Å²) in [6, 6.07) is 1.89. The van der Waals surface area contributed by atoms with Gasteiger partial charge < -0.3 is 10.1 Å². The molecule has 0 aliphatic heterocycles. The van der Waals surface area contributed by atoms with E-state index in [0.717, 1.165) is 18.8 Å². The summed E-state index contributed by atoms with van der Waals surface area (Å²) >= 11 is 0. The summed E-state index contributed by atoms with van der Waals surface area (Å²) < 4.78 is 5.52. The minimum Gasteiger partial charge on any atom is -0.478 e. The Morgan fingerprint density at radius 3 is 2.79 bits per heavy atom. The number of nitrogens with zero attached hydrogens (tertiary/aromatic N) is 2. The normalized spacial score (nSPS) is 18.0. The van der Waals surface area contributed by atoms with Crippen LogP contribution in [0.1, 0.15) is 52.4 Å². The van der Waals surface area contributed by atoms with Crippen LogP contribution in [0.4, 0.5) is 5.82 Å². The van der Waals surface area contributed by atoms with Crippen molar-refractivity contribution in [2.24, 2.45) is 5.41 Å². The van der Waals surface area contributed by atoms with E-state index in [1.165, 1.54) is 32.1 Å². The van der Waals surface area contributed by atoms with Crippen molar-refractivity contribution < 1.29 is 4.74 Å². The number of rotatable bonds is 6. The highest BCUT2D eigenvalue weighted by molar-refractivity contribution is 5.37. The Hall–Kier alpha value is -1.32. The molecule has 1 heterocycles. The van der Waals surface area contributed by atoms with Crippen LogP contribution in [0.2, 0.25) is 0 Å². The van der Waals surface area contributed by atoms with Crippen LogP contribution in [-0.4, -0.2) is 23.1 Å². The first-order valence-electron chi connectivity index (χ1n) is 7.41. The Kier molecular flexibility index (Phi) is 5.00. The van der Waals surface area contributed by atoms with Gasteiger partial charge in [0.05, 0.1) is 6.61 Å². The standard InChI is InChI=1S/C15H25N3O/c1-3-9-19-14-10-13(17-12-18-14)16-11-15(2)7-5-4-6-8-15/h10,12H,3-9,11H2,1-2H3,(H,16,17,18). The number of aromatic nitrogens is 2. The molecule has 0 bridgehead atoms. The van der Waals surface area contributed by atoms with Gasteiger partial charge in [-0.25, -0.2) is 9.97 Å². The van der Waals surface area contributed by atoms with Crippen LogP contribution in [0.5, 0.6) is 5.88 Å². The summed E-state index contributed by atoms with van der Waals surface area (Å²) in [5, 5.41) is 3.44. The number of anilines is 1. The molecule has 1 aromatic rings. The molecule has 1 N–H and O–H groups in total. The smallest absolute Gasteiger partial charge is 0.218 e. The molecular formula is C15H25N3O. The predicted molar refractivity (Wildman–Crippen MR) is 77.5 cm³/mol. The van der Waals surface area contributed by atoms with Gasteiger partial charge in [-0.05, 0) is 24.7 Å². The zero-order chi connectivity index (χ0) is 13.6. The van der Waals surface area contributed by atoms with Crippen LogP contribution in [0, 0.1) is 5.41 Å². The second kappa shape index (κ2) is 6.73. The van der Waals surface area contributed by atoms with Crippen LogP contribution in [0.15, 0.2) is 12.4 Å². The van der Waals surface area contributed by atoms with E-state index in [-0.39, 0.29) is 0 Å². The Morgan fingerprint density at radius 2 is 2.05 bits per heavy atom. The van der Waals surface area contributed by atoms with Crippen molar-refractivity contribution in [3.63, 3.8) is 0 Å². The lowest BCUT2D eigenvalue weighted by molar-refractivity contribution is 0.233. The summed E-state index contributed by atoms with van der Waals surface area (Å²) in [6.45, 7) is 6.14. The molecule has 0 aromatic carbocycles. The number of hydrogen-bond acceptors (Lipinski definition) is 4. The first-order chi connectivity index (χ1) is 9.22. The highest BCUT2D eigenvalue weighted by Gasteiger charge is 2.26. The fourth-order valence-electron chi connectivity index (χ4n) is 2.61. The van der Waals surface area contributed by atoms with Crippen molar-refractivity contribution in [2.45, 2.75) is 52.4 Å². The molecule has 0 unspecified atom stereocenters. The topological polar surface area (TPSA) is 47.0 Å². The van der Waals surface area contributed by atoms with Crippen LogP contribution in [-0.2, 0) is 0 Å². The number of ether oxygens (including phenoxy) is 1. The lowest BCUT2D eigenvalue weighted by atomic mass is 9.76. The van der Waals surface area contributed by atoms with Gasteiger partial charge in [0.2, 0.25) is 5.88 Å². The van der Waals surface area contributed by atoms with E-state index in [1.807, 2.05) is 6.07 Å². The predicted octanol–water partition coefficient (Wildman–Crippen LogP) is 3.65. The average molecular weight is 263 g/mol. The number of hydrogen-bond donors (Lipinski definition) is 1. The zero-order valence-corrected chi connectivity index (χ0v) is 12.1. The summed E-state index contributed by atoms with van der Waals surface area (Å²) in [6.07, 6.45) is 9.27. The fraction of sp³-hybridized carbons (Fsp3) is 0.733. The van der Waals surface area contributed by atoms with Crippen LogP contribution >= 0.6 is 0 Å². The molecular weight excluding hydrogens is 238 g/mol. The largest absolute Gasteiger partial charge is 0.478 e. The van der Waals surface area contributed by atoms with E-state index in [1.54, 1.807) is 6.33 Å². The van der Waals surface area contributed by atoms with Crippen molar-refractivity contribution >= 4 is 5.82 Å². The maximum absolute atomic E-state index is 5.52. The van der Waals surface area contributed by atoms with Gasteiger partial charge in [-0.15, -0.1) is 0 Å². The highest BCUT2D eigenvalue weighted by Crippen LogP contribution is 2.35. The van der Waals surface area contributed by atoms with Gasteiger partial charge in [0.15, 0.2) is 0 Å². The Morgan fingerprint density at radius 1 is 1.26 bits per heavy atom. The lowest BCUT2D eigenvalue weighted by Crippen LogP contribution is -2.29. The minimum atomic E-state index is 0.410. The third kappa shape index (κ3) is 4.37. The first kappa shape index (κ1) is 14.1. The molecule has 1 fully saturated rings. The van der Waals surface area contributed by atoms with E-state index in [2.05, 4.69) is 29.1 Å². The SMILES string of the molecule is CCCOc1cc(NCC2(C)CCCCC2)ncn1. The van der Waals surface area contributed by atoms with Gasteiger partial charge in [-0.3, -0.25) is 0 Å². The molecule has 1 aliphatic carbocycles. The fourth-order valence-corrected chi connectivity index (χ4v) is 2.61. The molecule has 0 amide bonds. The first-order valence-corrected chi connectivity index (χ1v) is 7.41. The minimum absolute atomic E-state index is 0.410. The molecule has 0 spiro atoms. The second-order valence-electron chi connectivity index (χ2n) is 5.81. The summed E-state index contributed by atoms with van der Waals surface area (Å²) in [4.78, 5) is 8.38. The summed E-state index contributed by atoms with van der Waals surface area (Å²) in [5.74, 6) is 1.53. The highest BCUT2D eigenvalue weighted by atomic mass is 16.5. The van der Waals surface area contributed by atoms with E-state index < -0.39 is 0 Å². The zero-order valence-electron chi connectivity index (χ0n) is 12.1. The molecule has 1 saturated carbocycles. The van der Waals surface area contributed by atoms with Crippen molar-refractivity contribution in [2.75, 3.05) is 18.5 Å². The Balaban J connectivity index is 1.88. The molecule has 1 aromatic heterocycles. The molecule has 19 heavy (non-hydrogen) atoms. The van der Waals surface area contributed by atoms with E-state index in [9.17, 15) is 0 Å². The monoisotopic (exact) mass is 263 g/mol. The van der Waals surface area contributed by atoms with E-state index in [4.69, 9.17) is 4.74 Å². The molecule has 2 rings (SSSR count). The molecule has 1 aliphatic rings. The third-order valence-corrected chi connectivity index (χ3v) is 3.85. The number of nitrogens with one attached hydrogen (secondary N) is 1. The van der Waals surface area contributed by atoms with Gasteiger partial charge in [0.1, 0.15) is 12.1 Å². The van der Waals surface area contributed by atoms with Crippen molar-refractivity contribution in [1.29, 1.82) is 0 Å². The van der Waals surface area contributed by atoms with Crippen LogP contribution in [0.25, 0.3) is 0 Å². The molecule has 106 valence electrons. The quantitative estimate of drug-likeness (QED) is 0.851. The van der Waals surface area contributed by atoms with Gasteiger partial charge in [0.25, 0.3) is 0 Å². The molecule has 0 atom stereocenters. The second-order valence-corrected chi connectivity index (χ2v) is 5.81. The van der Waals surface area contributed by atoms with Crippen LogP contribution < -0.4 is 10.1 Å². The Bertz CT molecular complexity index is 389. The van der Waals surface area contributed by atoms with Gasteiger partial charge in [-0.1, -0.05) is 33.1 Å². The van der Waals surface area contributed by atoms with Crippen molar-refractivity contribution in [3.05, 3.63) is 12.4 Å². The molecule has 4 nitrogen and oxygen atoms in total. The molecule has 0 saturated heterocycles. The van der Waals surface area contributed by atoms with E-state index >= 15 is 0 Å². The maximum atomic E-state index is 5.52. The maximum Gasteiger partial charge on any atom is 0.218 e. The van der Waals surface area contributed by atoms with Crippen molar-refractivity contribution in [3.8, 4) is 5.88 Å². The lowest BCUT2D eigenvalue weighted by Gasteiger charge is -2.33. The summed E-state index contributed by atoms with van der Waals surface area (Å²) in [7, 11) is 0. The van der Waals surface area contributed by atoms with Crippen LogP contribution in [0.3, 0.4) is 0 Å². The van der Waals surface area contributed by atoms with Gasteiger partial charge >= 0.3 is 0 Å².